The van der Waals surface area contributed by atoms with Gasteiger partial charge in [0.05, 0.1) is 21.8 Å². The molecule has 1 fully saturated rings. The topological polar surface area (TPSA) is 79.8 Å². The number of carbonyl (C=O) groups is 1. The number of carbonyl (C=O) groups excluding carboxylic acids is 1. The molecule has 27 heavy (non-hydrogen) atoms. The molecule has 3 aromatic rings. The van der Waals surface area contributed by atoms with Crippen LogP contribution in [0.2, 0.25) is 5.15 Å². The maximum absolute atomic E-state index is 12.6. The molecule has 0 aliphatic heterocycles. The second-order valence-corrected chi connectivity index (χ2v) is 8.09. The van der Waals surface area contributed by atoms with E-state index in [1.807, 2.05) is 25.1 Å². The number of hydrogen-bond acceptors (Lipinski definition) is 6. The minimum Gasteiger partial charge on any atom is -0.359 e. The lowest BCUT2D eigenvalue weighted by Gasteiger charge is -2.36. The summed E-state index contributed by atoms with van der Waals surface area (Å²) in [6.45, 7) is 1.95. The largest absolute Gasteiger partial charge is 0.359 e. The Labute approximate surface area is 166 Å². The standard InChI is InChI=1S/C19H20ClN5OS/c1-2-13(16-17(20)22-8-7-21-16)18(26)23-11-9-12(10-11)24-19-25-14-5-3-4-6-15(14)27-19/h3-8,11-13H,2,9-10H2,1H3,(H,23,26)(H,24,25). The number of nitrogens with zero attached hydrogens (tertiary/aromatic N) is 3. The molecule has 1 aliphatic rings. The minimum absolute atomic E-state index is 0.0386. The molecule has 1 saturated carbocycles. The summed E-state index contributed by atoms with van der Waals surface area (Å²) in [7, 11) is 0. The minimum atomic E-state index is -0.373. The zero-order chi connectivity index (χ0) is 18.8. The number of para-hydroxylation sites is 1. The van der Waals surface area contributed by atoms with Crippen molar-refractivity contribution in [3.63, 3.8) is 0 Å². The van der Waals surface area contributed by atoms with E-state index in [1.54, 1.807) is 17.5 Å². The van der Waals surface area contributed by atoms with Crippen LogP contribution >= 0.6 is 22.9 Å². The third kappa shape index (κ3) is 3.89. The zero-order valence-electron chi connectivity index (χ0n) is 14.9. The summed E-state index contributed by atoms with van der Waals surface area (Å²) in [6, 6.07) is 8.60. The van der Waals surface area contributed by atoms with Gasteiger partial charge in [0, 0.05) is 24.5 Å². The second kappa shape index (κ2) is 7.78. The van der Waals surface area contributed by atoms with Gasteiger partial charge < -0.3 is 10.6 Å². The van der Waals surface area contributed by atoms with Crippen molar-refractivity contribution in [2.45, 2.75) is 44.2 Å². The maximum Gasteiger partial charge on any atom is 0.229 e. The number of anilines is 1. The first-order valence-corrected chi connectivity index (χ1v) is 10.2. The van der Waals surface area contributed by atoms with E-state index >= 15 is 0 Å². The number of hydrogen-bond donors (Lipinski definition) is 2. The highest BCUT2D eigenvalue weighted by atomic mass is 35.5. The third-order valence-corrected chi connectivity index (χ3v) is 6.10. The van der Waals surface area contributed by atoms with Crippen LogP contribution in [-0.4, -0.2) is 32.9 Å². The monoisotopic (exact) mass is 401 g/mol. The molecule has 0 spiro atoms. The van der Waals surface area contributed by atoms with E-state index in [0.717, 1.165) is 23.5 Å². The van der Waals surface area contributed by atoms with Crippen LogP contribution in [-0.2, 0) is 4.79 Å². The smallest absolute Gasteiger partial charge is 0.229 e. The Morgan fingerprint density at radius 3 is 2.78 bits per heavy atom. The van der Waals surface area contributed by atoms with Gasteiger partial charge in [0.25, 0.3) is 0 Å². The fourth-order valence-electron chi connectivity index (χ4n) is 3.33. The SMILES string of the molecule is CCC(C(=O)NC1CC(Nc2nc3ccccc3s2)C1)c1nccnc1Cl. The molecule has 140 valence electrons. The molecule has 0 radical (unpaired) electrons. The van der Waals surface area contributed by atoms with Gasteiger partial charge in [-0.3, -0.25) is 9.78 Å². The molecule has 2 N–H and O–H groups in total. The number of halogens is 1. The zero-order valence-corrected chi connectivity index (χ0v) is 16.4. The lowest BCUT2D eigenvalue weighted by Crippen LogP contribution is -2.50. The maximum atomic E-state index is 12.6. The van der Waals surface area contributed by atoms with Gasteiger partial charge in [0.2, 0.25) is 5.91 Å². The highest BCUT2D eigenvalue weighted by molar-refractivity contribution is 7.22. The van der Waals surface area contributed by atoms with E-state index < -0.39 is 0 Å². The van der Waals surface area contributed by atoms with Crippen LogP contribution in [0.5, 0.6) is 0 Å². The average molecular weight is 402 g/mol. The van der Waals surface area contributed by atoms with E-state index in [0.29, 0.717) is 23.3 Å². The molecule has 6 nitrogen and oxygen atoms in total. The van der Waals surface area contributed by atoms with Crippen LogP contribution in [0.15, 0.2) is 36.7 Å². The van der Waals surface area contributed by atoms with E-state index in [9.17, 15) is 4.79 Å². The summed E-state index contributed by atoms with van der Waals surface area (Å²) >= 11 is 7.76. The Bertz CT molecular complexity index is 923. The lowest BCUT2D eigenvalue weighted by molar-refractivity contribution is -0.124. The molecule has 0 saturated heterocycles. The quantitative estimate of drug-likeness (QED) is 0.652. The molecule has 8 heteroatoms. The molecular weight excluding hydrogens is 382 g/mol. The average Bonchev–Trinajstić information content (AvgIpc) is 3.04. The number of rotatable bonds is 6. The van der Waals surface area contributed by atoms with Gasteiger partial charge in [0.15, 0.2) is 10.3 Å². The van der Waals surface area contributed by atoms with Crippen molar-refractivity contribution in [1.82, 2.24) is 20.3 Å². The molecule has 1 aromatic carbocycles. The second-order valence-electron chi connectivity index (χ2n) is 6.70. The first-order chi connectivity index (χ1) is 13.1. The Morgan fingerprint density at radius 1 is 1.26 bits per heavy atom. The normalized spacial score (nSPS) is 20.1. The lowest BCUT2D eigenvalue weighted by atomic mass is 9.86. The Hall–Kier alpha value is -2.25. The van der Waals surface area contributed by atoms with Crippen molar-refractivity contribution in [2.75, 3.05) is 5.32 Å². The number of amides is 1. The highest BCUT2D eigenvalue weighted by Crippen LogP contribution is 2.31. The third-order valence-electron chi connectivity index (χ3n) is 4.84. The summed E-state index contributed by atoms with van der Waals surface area (Å²) in [4.78, 5) is 25.5. The predicted octanol–water partition coefficient (Wildman–Crippen LogP) is 3.99. The van der Waals surface area contributed by atoms with Gasteiger partial charge >= 0.3 is 0 Å². The molecular formula is C19H20ClN5OS. The van der Waals surface area contributed by atoms with Crippen molar-refractivity contribution in [1.29, 1.82) is 0 Å². The van der Waals surface area contributed by atoms with Crippen molar-refractivity contribution in [3.8, 4) is 0 Å². The molecule has 0 bridgehead atoms. The number of aromatic nitrogens is 3. The Balaban J connectivity index is 1.31. The number of benzene rings is 1. The highest BCUT2D eigenvalue weighted by Gasteiger charge is 2.33. The van der Waals surface area contributed by atoms with E-state index in [4.69, 9.17) is 11.6 Å². The van der Waals surface area contributed by atoms with Gasteiger partial charge in [0.1, 0.15) is 0 Å². The molecule has 2 heterocycles. The first-order valence-electron chi connectivity index (χ1n) is 9.03. The van der Waals surface area contributed by atoms with Crippen LogP contribution in [0.3, 0.4) is 0 Å². The molecule has 1 atom stereocenters. The van der Waals surface area contributed by atoms with Crippen molar-refractivity contribution in [2.24, 2.45) is 0 Å². The molecule has 1 aliphatic carbocycles. The van der Waals surface area contributed by atoms with Gasteiger partial charge in [-0.2, -0.15) is 0 Å². The van der Waals surface area contributed by atoms with Crippen molar-refractivity contribution in [3.05, 3.63) is 47.5 Å². The fourth-order valence-corrected chi connectivity index (χ4v) is 4.51. The summed E-state index contributed by atoms with van der Waals surface area (Å²) in [5.41, 5.74) is 1.56. The van der Waals surface area contributed by atoms with Crippen LogP contribution in [0, 0.1) is 0 Å². The van der Waals surface area contributed by atoms with Crippen molar-refractivity contribution >= 4 is 44.2 Å². The summed E-state index contributed by atoms with van der Waals surface area (Å²) in [5, 5.41) is 7.81. The van der Waals surface area contributed by atoms with Crippen molar-refractivity contribution < 1.29 is 4.79 Å². The molecule has 1 amide bonds. The van der Waals surface area contributed by atoms with E-state index in [1.165, 1.54) is 10.9 Å². The van der Waals surface area contributed by atoms with Crippen LogP contribution in [0.25, 0.3) is 10.2 Å². The van der Waals surface area contributed by atoms with Gasteiger partial charge in [-0.1, -0.05) is 42.0 Å². The fraction of sp³-hybridized carbons (Fsp3) is 0.368. The Morgan fingerprint density at radius 2 is 2.04 bits per heavy atom. The van der Waals surface area contributed by atoms with Gasteiger partial charge in [-0.25, -0.2) is 9.97 Å². The van der Waals surface area contributed by atoms with Crippen LogP contribution < -0.4 is 10.6 Å². The number of nitrogens with one attached hydrogen (secondary N) is 2. The predicted molar refractivity (Wildman–Crippen MR) is 108 cm³/mol. The number of thiazole rings is 1. The summed E-state index contributed by atoms with van der Waals surface area (Å²) < 4.78 is 1.18. The molecule has 2 aromatic heterocycles. The summed E-state index contributed by atoms with van der Waals surface area (Å²) in [6.07, 6.45) is 5.49. The molecule has 1 unspecified atom stereocenters. The van der Waals surface area contributed by atoms with Crippen LogP contribution in [0.1, 0.15) is 37.8 Å². The molecule has 4 rings (SSSR count). The van der Waals surface area contributed by atoms with Gasteiger partial charge in [-0.05, 0) is 31.4 Å². The van der Waals surface area contributed by atoms with E-state index in [-0.39, 0.29) is 17.9 Å². The Kier molecular flexibility index (Phi) is 5.22. The first kappa shape index (κ1) is 18.1. The van der Waals surface area contributed by atoms with E-state index in [2.05, 4.69) is 31.7 Å². The van der Waals surface area contributed by atoms with Gasteiger partial charge in [-0.15, -0.1) is 0 Å². The summed E-state index contributed by atoms with van der Waals surface area (Å²) in [5.74, 6) is -0.411. The van der Waals surface area contributed by atoms with Crippen LogP contribution in [0.4, 0.5) is 5.13 Å². The number of fused-ring (bicyclic) bond motifs is 1.